The Morgan fingerprint density at radius 3 is 2.35 bits per heavy atom. The summed E-state index contributed by atoms with van der Waals surface area (Å²) < 4.78 is 7.31. The van der Waals surface area contributed by atoms with Crippen molar-refractivity contribution in [1.82, 2.24) is 9.72 Å². The molecule has 0 spiro atoms. The largest absolute Gasteiger partial charge is 0.446 e. The van der Waals surface area contributed by atoms with Crippen LogP contribution in [0.1, 0.15) is 0 Å². The molecular formula is C14H8ClIN2O2. The normalized spacial score (nSPS) is 10.7. The predicted molar refractivity (Wildman–Crippen MR) is 85.3 cm³/mol. The Hall–Kier alpha value is -1.60. The molecule has 0 fully saturated rings. The van der Waals surface area contributed by atoms with Crippen LogP contribution in [0.4, 0.5) is 0 Å². The molecule has 0 aliphatic carbocycles. The summed E-state index contributed by atoms with van der Waals surface area (Å²) in [6.45, 7) is 0. The lowest BCUT2D eigenvalue weighted by Crippen LogP contribution is -2.13. The van der Waals surface area contributed by atoms with Crippen molar-refractivity contribution in [1.29, 1.82) is 0 Å². The monoisotopic (exact) mass is 398 g/mol. The first-order valence-corrected chi connectivity index (χ1v) is 7.21. The van der Waals surface area contributed by atoms with Crippen molar-refractivity contribution < 1.29 is 4.52 Å². The smallest absolute Gasteiger partial charge is 0.295 e. The van der Waals surface area contributed by atoms with Gasteiger partial charge in [0.2, 0.25) is 0 Å². The fraction of sp³-hybridized carbons (Fsp3) is 0. The van der Waals surface area contributed by atoms with Gasteiger partial charge < -0.3 is 0 Å². The Balaban J connectivity index is 2.17. The molecule has 0 saturated heterocycles. The minimum absolute atomic E-state index is 0.466. The average Bonchev–Trinajstić information content (AvgIpc) is 2.83. The van der Waals surface area contributed by atoms with Gasteiger partial charge in [-0.1, -0.05) is 28.9 Å². The third kappa shape index (κ3) is 2.51. The van der Waals surface area contributed by atoms with E-state index >= 15 is 0 Å². The van der Waals surface area contributed by atoms with Crippen LogP contribution >= 0.6 is 34.2 Å². The third-order valence-corrected chi connectivity index (χ3v) is 3.76. The van der Waals surface area contributed by atoms with E-state index in [9.17, 15) is 4.79 Å². The van der Waals surface area contributed by atoms with E-state index in [1.54, 1.807) is 24.3 Å². The van der Waals surface area contributed by atoms with Crippen molar-refractivity contribution in [2.45, 2.75) is 0 Å². The molecule has 3 aromatic rings. The minimum Gasteiger partial charge on any atom is -0.295 e. The van der Waals surface area contributed by atoms with Gasteiger partial charge in [0.1, 0.15) is 0 Å². The van der Waals surface area contributed by atoms with Crippen LogP contribution in [0.15, 0.2) is 57.8 Å². The van der Waals surface area contributed by atoms with Gasteiger partial charge in [-0.15, -0.1) is 0 Å². The molecule has 0 bridgehead atoms. The zero-order chi connectivity index (χ0) is 14.1. The summed E-state index contributed by atoms with van der Waals surface area (Å²) in [6, 6.07) is 14.6. The zero-order valence-electron chi connectivity index (χ0n) is 10.1. The van der Waals surface area contributed by atoms with Crippen molar-refractivity contribution in [2.24, 2.45) is 0 Å². The van der Waals surface area contributed by atoms with Crippen LogP contribution in [-0.4, -0.2) is 9.72 Å². The maximum Gasteiger partial charge on any atom is 0.446 e. The summed E-state index contributed by atoms with van der Waals surface area (Å²) in [7, 11) is 0. The number of nitrogens with zero attached hydrogens (tertiary/aromatic N) is 2. The van der Waals surface area contributed by atoms with Crippen molar-refractivity contribution in [2.75, 3.05) is 0 Å². The SMILES string of the molecule is O=c1onc(-c2ccc(I)cc2)n1-c1ccc(Cl)cc1. The van der Waals surface area contributed by atoms with Crippen LogP contribution in [0, 0.1) is 3.57 Å². The van der Waals surface area contributed by atoms with Crippen molar-refractivity contribution in [3.63, 3.8) is 0 Å². The molecule has 20 heavy (non-hydrogen) atoms. The second-order valence-corrected chi connectivity index (χ2v) is 5.77. The van der Waals surface area contributed by atoms with E-state index < -0.39 is 5.76 Å². The molecule has 0 aliphatic rings. The first-order valence-electron chi connectivity index (χ1n) is 5.76. The Labute approximate surface area is 133 Å². The second-order valence-electron chi connectivity index (χ2n) is 4.09. The standard InChI is InChI=1S/C14H8ClIN2O2/c15-10-3-7-12(8-4-10)18-13(17-20-14(18)19)9-1-5-11(16)6-2-9/h1-8H. The Morgan fingerprint density at radius 2 is 1.70 bits per heavy atom. The van der Waals surface area contributed by atoms with Crippen LogP contribution in [0.25, 0.3) is 17.1 Å². The van der Waals surface area contributed by atoms with Crippen molar-refractivity contribution in [3.05, 3.63) is 67.7 Å². The first-order chi connectivity index (χ1) is 9.65. The highest BCUT2D eigenvalue weighted by atomic mass is 127. The molecule has 1 heterocycles. The Bertz CT molecular complexity index is 791. The molecule has 0 amide bonds. The maximum atomic E-state index is 11.9. The first kappa shape index (κ1) is 13.4. The number of hydrogen-bond donors (Lipinski definition) is 0. The summed E-state index contributed by atoms with van der Waals surface area (Å²) in [4.78, 5) is 11.9. The molecule has 0 radical (unpaired) electrons. The van der Waals surface area contributed by atoms with E-state index in [0.717, 1.165) is 9.13 Å². The average molecular weight is 399 g/mol. The third-order valence-electron chi connectivity index (χ3n) is 2.79. The number of halogens is 2. The van der Waals surface area contributed by atoms with Crippen LogP contribution in [0.2, 0.25) is 5.02 Å². The number of hydrogen-bond acceptors (Lipinski definition) is 3. The zero-order valence-corrected chi connectivity index (χ0v) is 13.0. The van der Waals surface area contributed by atoms with E-state index in [-0.39, 0.29) is 0 Å². The molecular weight excluding hydrogens is 391 g/mol. The molecule has 0 atom stereocenters. The van der Waals surface area contributed by atoms with Crippen LogP contribution in [-0.2, 0) is 0 Å². The molecule has 0 saturated carbocycles. The van der Waals surface area contributed by atoms with Gasteiger partial charge in [0.25, 0.3) is 0 Å². The molecule has 6 heteroatoms. The molecule has 0 N–H and O–H groups in total. The summed E-state index contributed by atoms with van der Waals surface area (Å²) in [5.74, 6) is -0.0606. The van der Waals surface area contributed by atoms with Gasteiger partial charge in [0.15, 0.2) is 5.82 Å². The predicted octanol–water partition coefficient (Wildman–Crippen LogP) is 3.75. The highest BCUT2D eigenvalue weighted by Gasteiger charge is 2.14. The Kier molecular flexibility index (Phi) is 3.62. The fourth-order valence-electron chi connectivity index (χ4n) is 1.85. The van der Waals surface area contributed by atoms with Crippen LogP contribution in [0.3, 0.4) is 0 Å². The van der Waals surface area contributed by atoms with Gasteiger partial charge in [-0.05, 0) is 59.0 Å². The van der Waals surface area contributed by atoms with Crippen molar-refractivity contribution >= 4 is 34.2 Å². The molecule has 2 aromatic carbocycles. The van der Waals surface area contributed by atoms with Gasteiger partial charge in [-0.2, -0.15) is 0 Å². The molecule has 100 valence electrons. The number of rotatable bonds is 2. The number of aromatic nitrogens is 2. The van der Waals surface area contributed by atoms with Crippen molar-refractivity contribution in [3.8, 4) is 17.1 Å². The quantitative estimate of drug-likeness (QED) is 0.618. The highest BCUT2D eigenvalue weighted by molar-refractivity contribution is 14.1. The molecule has 0 unspecified atom stereocenters. The fourth-order valence-corrected chi connectivity index (χ4v) is 2.33. The van der Waals surface area contributed by atoms with E-state index in [4.69, 9.17) is 16.1 Å². The number of benzene rings is 2. The lowest BCUT2D eigenvalue weighted by Gasteiger charge is -2.04. The summed E-state index contributed by atoms with van der Waals surface area (Å²) in [6.07, 6.45) is 0. The molecule has 0 aliphatic heterocycles. The van der Waals surface area contributed by atoms with Gasteiger partial charge >= 0.3 is 5.76 Å². The summed E-state index contributed by atoms with van der Waals surface area (Å²) in [5, 5.41) is 4.46. The van der Waals surface area contributed by atoms with E-state index in [0.29, 0.717) is 16.5 Å². The topological polar surface area (TPSA) is 48.0 Å². The minimum atomic E-state index is -0.527. The van der Waals surface area contributed by atoms with E-state index in [2.05, 4.69) is 27.7 Å². The molecule has 4 nitrogen and oxygen atoms in total. The second kappa shape index (κ2) is 5.41. The van der Waals surface area contributed by atoms with E-state index in [1.807, 2.05) is 24.3 Å². The van der Waals surface area contributed by atoms with Crippen LogP contribution < -0.4 is 5.76 Å². The lowest BCUT2D eigenvalue weighted by atomic mass is 10.2. The van der Waals surface area contributed by atoms with Gasteiger partial charge in [0, 0.05) is 14.2 Å². The van der Waals surface area contributed by atoms with Gasteiger partial charge in [0.05, 0.1) is 5.69 Å². The van der Waals surface area contributed by atoms with E-state index in [1.165, 1.54) is 4.57 Å². The van der Waals surface area contributed by atoms with Gasteiger partial charge in [-0.25, -0.2) is 9.36 Å². The van der Waals surface area contributed by atoms with Gasteiger partial charge in [-0.3, -0.25) is 4.52 Å². The maximum absolute atomic E-state index is 11.9. The lowest BCUT2D eigenvalue weighted by molar-refractivity contribution is 0.383. The highest BCUT2D eigenvalue weighted by Crippen LogP contribution is 2.21. The van der Waals surface area contributed by atoms with Crippen LogP contribution in [0.5, 0.6) is 0 Å². The summed E-state index contributed by atoms with van der Waals surface area (Å²) >= 11 is 8.08. The molecule has 1 aromatic heterocycles. The Morgan fingerprint density at radius 1 is 1.05 bits per heavy atom. The molecule has 3 rings (SSSR count). The summed E-state index contributed by atoms with van der Waals surface area (Å²) in [5.41, 5.74) is 1.47.